The van der Waals surface area contributed by atoms with E-state index in [0.717, 1.165) is 55.4 Å². The molecule has 0 aromatic heterocycles. The van der Waals surface area contributed by atoms with Gasteiger partial charge in [-0.1, -0.05) is 12.1 Å². The van der Waals surface area contributed by atoms with Crippen LogP contribution >= 0.6 is 0 Å². The Balaban J connectivity index is 0.999. The van der Waals surface area contributed by atoms with Crippen LogP contribution in [0.15, 0.2) is 24.3 Å². The minimum absolute atomic E-state index is 0.00151. The fraction of sp³-hybridized carbons (Fsp3) is 0.679. The van der Waals surface area contributed by atoms with E-state index in [2.05, 4.69) is 5.32 Å². The summed E-state index contributed by atoms with van der Waals surface area (Å²) in [5, 5.41) is 3.22. The van der Waals surface area contributed by atoms with Crippen molar-refractivity contribution in [2.75, 3.05) is 32.8 Å². The zero-order valence-electron chi connectivity index (χ0n) is 20.5. The van der Waals surface area contributed by atoms with Gasteiger partial charge < -0.3 is 19.9 Å². The number of piperazine rings is 1. The van der Waals surface area contributed by atoms with Crippen LogP contribution in [0.3, 0.4) is 0 Å². The van der Waals surface area contributed by atoms with Crippen LogP contribution in [-0.2, 0) is 20.9 Å². The third kappa shape index (κ3) is 4.48. The maximum absolute atomic E-state index is 13.2. The molecule has 2 heterocycles. The van der Waals surface area contributed by atoms with Crippen LogP contribution in [0.4, 0.5) is 0 Å². The molecule has 3 amide bonds. The average Bonchev–Trinajstić information content (AvgIpc) is 3.41. The van der Waals surface area contributed by atoms with Crippen molar-refractivity contribution in [1.82, 2.24) is 15.1 Å². The number of hydrogen-bond donors (Lipinski definition) is 1. The van der Waals surface area contributed by atoms with E-state index in [9.17, 15) is 14.4 Å². The topological polar surface area (TPSA) is 79.0 Å². The van der Waals surface area contributed by atoms with Gasteiger partial charge in [-0.2, -0.15) is 0 Å². The van der Waals surface area contributed by atoms with Gasteiger partial charge in [0, 0.05) is 50.3 Å². The largest absolute Gasteiger partial charge is 0.368 e. The molecule has 1 aromatic rings. The molecule has 4 saturated carbocycles. The second-order valence-corrected chi connectivity index (χ2v) is 11.7. The van der Waals surface area contributed by atoms with Gasteiger partial charge >= 0.3 is 0 Å². The molecule has 6 fully saturated rings. The number of rotatable bonds is 5. The molecule has 7 heteroatoms. The van der Waals surface area contributed by atoms with E-state index in [-0.39, 0.29) is 29.2 Å². The summed E-state index contributed by atoms with van der Waals surface area (Å²) in [6.07, 6.45) is 8.67. The van der Waals surface area contributed by atoms with Crippen molar-refractivity contribution < 1.29 is 19.1 Å². The Morgan fingerprint density at radius 2 is 1.49 bits per heavy atom. The Morgan fingerprint density at radius 1 is 0.886 bits per heavy atom. The van der Waals surface area contributed by atoms with Gasteiger partial charge in [0.2, 0.25) is 5.91 Å². The predicted molar refractivity (Wildman–Crippen MR) is 130 cm³/mol. The summed E-state index contributed by atoms with van der Waals surface area (Å²) >= 11 is 0. The fourth-order valence-corrected chi connectivity index (χ4v) is 7.81. The first-order chi connectivity index (χ1) is 17.0. The average molecular weight is 480 g/mol. The van der Waals surface area contributed by atoms with Crippen LogP contribution in [-0.4, -0.2) is 66.4 Å². The molecule has 188 valence electrons. The highest BCUT2D eigenvalue weighted by Gasteiger charge is 2.54. The number of ether oxygens (including phenoxy) is 1. The molecule has 0 spiro atoms. The molecule has 2 aliphatic heterocycles. The highest BCUT2D eigenvalue weighted by Crippen LogP contribution is 2.60. The van der Waals surface area contributed by atoms with Gasteiger partial charge in [0.15, 0.2) is 0 Å². The number of carbonyl (C=O) groups is 3. The minimum atomic E-state index is -0.298. The maximum atomic E-state index is 13.2. The van der Waals surface area contributed by atoms with E-state index in [0.29, 0.717) is 44.9 Å². The van der Waals surface area contributed by atoms with Crippen molar-refractivity contribution in [3.63, 3.8) is 0 Å². The number of amides is 3. The summed E-state index contributed by atoms with van der Waals surface area (Å²) in [6, 6.07) is 7.62. The summed E-state index contributed by atoms with van der Waals surface area (Å²) in [5.41, 5.74) is 1.55. The summed E-state index contributed by atoms with van der Waals surface area (Å²) in [5.74, 6) is 2.58. The van der Waals surface area contributed by atoms with E-state index in [1.54, 1.807) is 0 Å². The van der Waals surface area contributed by atoms with Crippen molar-refractivity contribution in [1.29, 1.82) is 0 Å². The summed E-state index contributed by atoms with van der Waals surface area (Å²) in [4.78, 5) is 42.4. The fourth-order valence-electron chi connectivity index (χ4n) is 7.81. The van der Waals surface area contributed by atoms with E-state index in [1.807, 2.05) is 34.1 Å². The second-order valence-electron chi connectivity index (χ2n) is 11.7. The van der Waals surface area contributed by atoms with Gasteiger partial charge in [-0.05, 0) is 86.8 Å². The molecular formula is C28H37N3O4. The number of nitrogens with zero attached hydrogens (tertiary/aromatic N) is 2. The molecule has 35 heavy (non-hydrogen) atoms. The highest BCUT2D eigenvalue weighted by molar-refractivity contribution is 5.94. The molecule has 1 aromatic carbocycles. The first-order valence-corrected chi connectivity index (χ1v) is 13.6. The quantitative estimate of drug-likeness (QED) is 0.704. The predicted octanol–water partition coefficient (Wildman–Crippen LogP) is 2.98. The number of benzene rings is 1. The molecule has 1 unspecified atom stereocenters. The van der Waals surface area contributed by atoms with Crippen molar-refractivity contribution in [3.05, 3.63) is 35.4 Å². The maximum Gasteiger partial charge on any atom is 0.253 e. The molecule has 4 aliphatic carbocycles. The van der Waals surface area contributed by atoms with Gasteiger partial charge in [-0.15, -0.1) is 0 Å². The molecule has 7 nitrogen and oxygen atoms in total. The SMILES string of the molecule is O=C(c1ccc(CNC(=O)C23CC4CC(CC(C4)C2)C3)cc1)N1CCN(C(=O)C2CCCO2)CC1. The second kappa shape index (κ2) is 9.23. The Morgan fingerprint density at radius 3 is 2.06 bits per heavy atom. The lowest BCUT2D eigenvalue weighted by atomic mass is 9.49. The Kier molecular flexibility index (Phi) is 6.07. The zero-order chi connectivity index (χ0) is 24.0. The van der Waals surface area contributed by atoms with Crippen molar-refractivity contribution >= 4 is 17.7 Å². The highest BCUT2D eigenvalue weighted by atomic mass is 16.5. The lowest BCUT2D eigenvalue weighted by Crippen LogP contribution is -2.53. The first kappa shape index (κ1) is 23.0. The normalized spacial score (nSPS) is 33.7. The Labute approximate surface area is 207 Å². The van der Waals surface area contributed by atoms with Crippen LogP contribution in [0, 0.1) is 23.2 Å². The van der Waals surface area contributed by atoms with E-state index in [1.165, 1.54) is 19.3 Å². The molecule has 0 radical (unpaired) electrons. The van der Waals surface area contributed by atoms with Crippen LogP contribution in [0.25, 0.3) is 0 Å². The monoisotopic (exact) mass is 479 g/mol. The molecule has 4 bridgehead atoms. The van der Waals surface area contributed by atoms with Gasteiger partial charge in [0.05, 0.1) is 0 Å². The minimum Gasteiger partial charge on any atom is -0.368 e. The lowest BCUT2D eigenvalue weighted by molar-refractivity contribution is -0.146. The molecule has 2 saturated heterocycles. The van der Waals surface area contributed by atoms with Crippen molar-refractivity contribution in [3.8, 4) is 0 Å². The van der Waals surface area contributed by atoms with Gasteiger partial charge in [0.1, 0.15) is 6.10 Å². The standard InChI is InChI=1S/C28H37N3O4/c32-25(30-7-9-31(10-8-30)26(33)24-2-1-11-35-24)23-5-3-19(4-6-23)18-29-27(34)28-15-20-12-21(16-28)14-22(13-20)17-28/h3-6,20-22,24H,1-2,7-18H2,(H,29,34). The smallest absolute Gasteiger partial charge is 0.253 e. The third-order valence-corrected chi connectivity index (χ3v) is 9.26. The molecule has 1 N–H and O–H groups in total. The van der Waals surface area contributed by atoms with Crippen molar-refractivity contribution in [2.45, 2.75) is 64.0 Å². The molecule has 1 atom stereocenters. The zero-order valence-corrected chi connectivity index (χ0v) is 20.5. The van der Waals surface area contributed by atoms with E-state index in [4.69, 9.17) is 4.74 Å². The van der Waals surface area contributed by atoms with E-state index >= 15 is 0 Å². The van der Waals surface area contributed by atoms with Gasteiger partial charge in [-0.25, -0.2) is 0 Å². The summed E-state index contributed by atoms with van der Waals surface area (Å²) in [7, 11) is 0. The van der Waals surface area contributed by atoms with Crippen LogP contribution in [0.1, 0.15) is 67.3 Å². The number of nitrogens with one attached hydrogen (secondary N) is 1. The number of hydrogen-bond acceptors (Lipinski definition) is 4. The van der Waals surface area contributed by atoms with Gasteiger partial charge in [0.25, 0.3) is 11.8 Å². The van der Waals surface area contributed by atoms with Gasteiger partial charge in [-0.3, -0.25) is 14.4 Å². The van der Waals surface area contributed by atoms with Crippen molar-refractivity contribution in [2.24, 2.45) is 23.2 Å². The number of carbonyl (C=O) groups excluding carboxylic acids is 3. The van der Waals surface area contributed by atoms with Crippen LogP contribution < -0.4 is 5.32 Å². The first-order valence-electron chi connectivity index (χ1n) is 13.6. The Hall–Kier alpha value is -2.41. The molecule has 7 rings (SSSR count). The Bertz CT molecular complexity index is 941. The van der Waals surface area contributed by atoms with Crippen LogP contribution in [0.2, 0.25) is 0 Å². The summed E-state index contributed by atoms with van der Waals surface area (Å²) < 4.78 is 5.52. The van der Waals surface area contributed by atoms with Crippen LogP contribution in [0.5, 0.6) is 0 Å². The lowest BCUT2D eigenvalue weighted by Gasteiger charge is -2.55. The van der Waals surface area contributed by atoms with E-state index < -0.39 is 0 Å². The molecular weight excluding hydrogens is 442 g/mol. The summed E-state index contributed by atoms with van der Waals surface area (Å²) in [6.45, 7) is 3.37. The molecule has 6 aliphatic rings. The third-order valence-electron chi connectivity index (χ3n) is 9.26.